The van der Waals surface area contributed by atoms with Gasteiger partial charge in [-0.2, -0.15) is 0 Å². The summed E-state index contributed by atoms with van der Waals surface area (Å²) in [5, 5.41) is 0. The molecule has 0 saturated heterocycles. The molecule has 25 heavy (non-hydrogen) atoms. The number of benzene rings is 3. The number of hydrogen-bond acceptors (Lipinski definition) is 1. The fraction of sp³-hybridized carbons (Fsp3) is 0.217. The molecule has 1 nitrogen and oxygen atoms in total. The van der Waals surface area contributed by atoms with E-state index in [-0.39, 0.29) is 0 Å². The van der Waals surface area contributed by atoms with Gasteiger partial charge >= 0.3 is 0 Å². The summed E-state index contributed by atoms with van der Waals surface area (Å²) in [7, 11) is 0. The molecule has 0 aromatic heterocycles. The monoisotopic (exact) mass is 394 g/mol. The van der Waals surface area contributed by atoms with Crippen molar-refractivity contribution in [3.8, 4) is 0 Å². The SMILES string of the molecule is CCCCOC(c1ccccc1)(c1ccccc1)c1ccccc1Br. The molecule has 0 fully saturated rings. The van der Waals surface area contributed by atoms with E-state index in [4.69, 9.17) is 4.74 Å². The average molecular weight is 395 g/mol. The molecule has 0 bridgehead atoms. The summed E-state index contributed by atoms with van der Waals surface area (Å²) < 4.78 is 7.73. The standard InChI is InChI=1S/C23H23BrO/c1-2-3-18-25-23(19-12-6-4-7-13-19,20-14-8-5-9-15-20)21-16-10-11-17-22(21)24/h4-17H,2-3,18H2,1H3. The average Bonchev–Trinajstić information content (AvgIpc) is 2.68. The molecule has 3 rings (SSSR count). The summed E-state index contributed by atoms with van der Waals surface area (Å²) in [6.45, 7) is 2.90. The first kappa shape index (κ1) is 17.9. The quantitative estimate of drug-likeness (QED) is 0.325. The second kappa shape index (κ2) is 8.46. The third kappa shape index (κ3) is 3.70. The number of unbranched alkanes of at least 4 members (excludes halogenated alkanes) is 1. The van der Waals surface area contributed by atoms with E-state index in [2.05, 4.69) is 89.6 Å². The lowest BCUT2D eigenvalue weighted by atomic mass is 9.80. The van der Waals surface area contributed by atoms with Gasteiger partial charge in [-0.15, -0.1) is 0 Å². The highest BCUT2D eigenvalue weighted by Crippen LogP contribution is 2.43. The Bertz CT molecular complexity index is 744. The molecule has 3 aromatic rings. The molecular weight excluding hydrogens is 372 g/mol. The van der Waals surface area contributed by atoms with Crippen molar-refractivity contribution in [3.63, 3.8) is 0 Å². The Hall–Kier alpha value is -1.90. The van der Waals surface area contributed by atoms with Crippen LogP contribution in [0.25, 0.3) is 0 Å². The van der Waals surface area contributed by atoms with Gasteiger partial charge < -0.3 is 4.74 Å². The van der Waals surface area contributed by atoms with Crippen molar-refractivity contribution in [3.05, 3.63) is 106 Å². The predicted molar refractivity (Wildman–Crippen MR) is 108 cm³/mol. The third-order valence-electron chi connectivity index (χ3n) is 4.43. The molecule has 0 aliphatic carbocycles. The van der Waals surface area contributed by atoms with E-state index in [9.17, 15) is 0 Å². The summed E-state index contributed by atoms with van der Waals surface area (Å²) in [6.07, 6.45) is 2.14. The van der Waals surface area contributed by atoms with Crippen molar-refractivity contribution in [2.75, 3.05) is 6.61 Å². The van der Waals surface area contributed by atoms with Gasteiger partial charge in [0.15, 0.2) is 0 Å². The lowest BCUT2D eigenvalue weighted by Crippen LogP contribution is -2.33. The van der Waals surface area contributed by atoms with Gasteiger partial charge in [-0.1, -0.05) is 108 Å². The molecule has 0 unspecified atom stereocenters. The minimum atomic E-state index is -0.627. The first-order chi connectivity index (χ1) is 12.3. The molecule has 0 amide bonds. The van der Waals surface area contributed by atoms with Crippen molar-refractivity contribution in [2.24, 2.45) is 0 Å². The molecule has 2 heteroatoms. The fourth-order valence-electron chi connectivity index (χ4n) is 3.18. The van der Waals surface area contributed by atoms with Crippen molar-refractivity contribution in [2.45, 2.75) is 25.4 Å². The van der Waals surface area contributed by atoms with Crippen LogP contribution in [-0.2, 0) is 10.3 Å². The van der Waals surface area contributed by atoms with E-state index in [1.165, 1.54) is 0 Å². The summed E-state index contributed by atoms with van der Waals surface area (Å²) in [5.74, 6) is 0. The van der Waals surface area contributed by atoms with Crippen LogP contribution >= 0.6 is 15.9 Å². The Kier molecular flexibility index (Phi) is 6.06. The third-order valence-corrected chi connectivity index (χ3v) is 5.12. The van der Waals surface area contributed by atoms with E-state index in [1.54, 1.807) is 0 Å². The number of hydrogen-bond donors (Lipinski definition) is 0. The van der Waals surface area contributed by atoms with Crippen LogP contribution in [0.5, 0.6) is 0 Å². The van der Waals surface area contributed by atoms with E-state index in [0.29, 0.717) is 6.61 Å². The van der Waals surface area contributed by atoms with Crippen LogP contribution in [0.2, 0.25) is 0 Å². The molecule has 0 heterocycles. The van der Waals surface area contributed by atoms with Gasteiger partial charge in [0.1, 0.15) is 5.60 Å². The van der Waals surface area contributed by atoms with E-state index in [0.717, 1.165) is 34.0 Å². The highest BCUT2D eigenvalue weighted by atomic mass is 79.9. The Morgan fingerprint density at radius 3 is 1.80 bits per heavy atom. The Morgan fingerprint density at radius 1 is 0.760 bits per heavy atom. The largest absolute Gasteiger partial charge is 0.361 e. The second-order valence-electron chi connectivity index (χ2n) is 6.10. The minimum absolute atomic E-state index is 0.627. The lowest BCUT2D eigenvalue weighted by Gasteiger charge is -2.36. The van der Waals surface area contributed by atoms with Gasteiger partial charge in [-0.3, -0.25) is 0 Å². The maximum absolute atomic E-state index is 6.68. The number of ether oxygens (including phenoxy) is 1. The van der Waals surface area contributed by atoms with Gasteiger partial charge in [0.05, 0.1) is 0 Å². The lowest BCUT2D eigenvalue weighted by molar-refractivity contribution is 0.0108. The zero-order chi connectivity index (χ0) is 17.5. The van der Waals surface area contributed by atoms with Crippen LogP contribution in [0.3, 0.4) is 0 Å². The molecule has 3 aromatic carbocycles. The minimum Gasteiger partial charge on any atom is -0.361 e. The number of halogens is 1. The van der Waals surface area contributed by atoms with Crippen LogP contribution in [0.15, 0.2) is 89.4 Å². The van der Waals surface area contributed by atoms with Gasteiger partial charge in [0.2, 0.25) is 0 Å². The van der Waals surface area contributed by atoms with Gasteiger partial charge in [0.25, 0.3) is 0 Å². The Balaban J connectivity index is 2.26. The normalized spacial score (nSPS) is 11.4. The summed E-state index contributed by atoms with van der Waals surface area (Å²) in [5.41, 5.74) is 2.79. The molecule has 0 saturated carbocycles. The highest BCUT2D eigenvalue weighted by molar-refractivity contribution is 9.10. The summed E-state index contributed by atoms with van der Waals surface area (Å²) in [4.78, 5) is 0. The van der Waals surface area contributed by atoms with Gasteiger partial charge in [-0.05, 0) is 23.6 Å². The van der Waals surface area contributed by atoms with Gasteiger partial charge in [0, 0.05) is 16.6 Å². The fourth-order valence-corrected chi connectivity index (χ4v) is 3.75. The van der Waals surface area contributed by atoms with Crippen LogP contribution in [0.4, 0.5) is 0 Å². The molecule has 0 aliphatic heterocycles. The van der Waals surface area contributed by atoms with E-state index < -0.39 is 5.60 Å². The maximum atomic E-state index is 6.68. The van der Waals surface area contributed by atoms with Crippen molar-refractivity contribution < 1.29 is 4.74 Å². The molecular formula is C23H23BrO. The topological polar surface area (TPSA) is 9.23 Å². The maximum Gasteiger partial charge on any atom is 0.144 e. The molecule has 0 spiro atoms. The predicted octanol–water partition coefficient (Wildman–Crippen LogP) is 6.56. The number of rotatable bonds is 7. The molecule has 0 atom stereocenters. The van der Waals surface area contributed by atoms with Crippen LogP contribution < -0.4 is 0 Å². The summed E-state index contributed by atoms with van der Waals surface area (Å²) >= 11 is 3.76. The van der Waals surface area contributed by atoms with Crippen molar-refractivity contribution >= 4 is 15.9 Å². The molecule has 0 radical (unpaired) electrons. The van der Waals surface area contributed by atoms with Crippen LogP contribution in [-0.4, -0.2) is 6.61 Å². The Labute approximate surface area is 158 Å². The van der Waals surface area contributed by atoms with Crippen molar-refractivity contribution in [1.82, 2.24) is 0 Å². The van der Waals surface area contributed by atoms with Gasteiger partial charge in [-0.25, -0.2) is 0 Å². The molecule has 0 aliphatic rings. The first-order valence-electron chi connectivity index (χ1n) is 8.79. The molecule has 0 N–H and O–H groups in total. The smallest absolute Gasteiger partial charge is 0.144 e. The zero-order valence-corrected chi connectivity index (χ0v) is 16.1. The van der Waals surface area contributed by atoms with Crippen molar-refractivity contribution in [1.29, 1.82) is 0 Å². The molecule has 128 valence electrons. The second-order valence-corrected chi connectivity index (χ2v) is 6.95. The van der Waals surface area contributed by atoms with E-state index >= 15 is 0 Å². The Morgan fingerprint density at radius 2 is 1.28 bits per heavy atom. The van der Waals surface area contributed by atoms with E-state index in [1.807, 2.05) is 18.2 Å². The van der Waals surface area contributed by atoms with Crippen LogP contribution in [0.1, 0.15) is 36.5 Å². The zero-order valence-electron chi connectivity index (χ0n) is 14.5. The highest BCUT2D eigenvalue weighted by Gasteiger charge is 2.38. The first-order valence-corrected chi connectivity index (χ1v) is 9.58. The summed E-state index contributed by atoms with van der Waals surface area (Å²) in [6, 6.07) is 29.4. The van der Waals surface area contributed by atoms with Crippen LogP contribution in [0, 0.1) is 0 Å².